The van der Waals surface area contributed by atoms with E-state index >= 15 is 0 Å². The Balaban J connectivity index is 1.38. The summed E-state index contributed by atoms with van der Waals surface area (Å²) in [6.07, 6.45) is 2.47. The van der Waals surface area contributed by atoms with E-state index in [0.29, 0.717) is 23.7 Å². The number of ether oxygens (including phenoxy) is 2. The predicted octanol–water partition coefficient (Wildman–Crippen LogP) is 5.02. The highest BCUT2D eigenvalue weighted by Crippen LogP contribution is 2.42. The molecule has 1 aliphatic carbocycles. The Hall–Kier alpha value is -4.24. The first-order valence-electron chi connectivity index (χ1n) is 17.8. The van der Waals surface area contributed by atoms with Crippen LogP contribution in [0.2, 0.25) is 0 Å². The molecule has 1 saturated heterocycles. The van der Waals surface area contributed by atoms with E-state index in [1.165, 1.54) is 11.3 Å². The van der Waals surface area contributed by atoms with Crippen LogP contribution in [0.1, 0.15) is 75.7 Å². The Kier molecular flexibility index (Phi) is 9.47. The van der Waals surface area contributed by atoms with Gasteiger partial charge >= 0.3 is 5.97 Å². The second-order valence-electron chi connectivity index (χ2n) is 14.9. The minimum absolute atomic E-state index is 0.00805. The molecule has 3 aliphatic rings. The number of aryl methyl sites for hydroxylation is 1. The molecule has 14 heteroatoms. The first-order chi connectivity index (χ1) is 24.8. The molecule has 4 aromatic rings. The number of alkyl halides is 1. The van der Waals surface area contributed by atoms with Crippen LogP contribution in [0.5, 0.6) is 0 Å². The Morgan fingerprint density at radius 3 is 2.77 bits per heavy atom. The maximum atomic E-state index is 14.8. The van der Waals surface area contributed by atoms with E-state index in [1.54, 1.807) is 13.3 Å². The summed E-state index contributed by atoms with van der Waals surface area (Å²) in [4.78, 5) is 50.1. The number of methoxy groups -OCH3 is 1. The number of amides is 2. The van der Waals surface area contributed by atoms with Crippen LogP contribution in [-0.2, 0) is 43.2 Å². The van der Waals surface area contributed by atoms with Crippen molar-refractivity contribution in [3.05, 3.63) is 58.2 Å². The Morgan fingerprint density at radius 2 is 2.04 bits per heavy atom. The van der Waals surface area contributed by atoms with Gasteiger partial charge in [0.2, 0.25) is 5.72 Å². The average molecular weight is 733 g/mol. The van der Waals surface area contributed by atoms with Crippen LogP contribution in [0.15, 0.2) is 41.9 Å². The highest BCUT2D eigenvalue weighted by atomic mass is 32.1. The number of esters is 1. The summed E-state index contributed by atoms with van der Waals surface area (Å²) in [5.41, 5.74) is 4.26. The van der Waals surface area contributed by atoms with Crippen molar-refractivity contribution in [2.75, 3.05) is 20.3 Å². The van der Waals surface area contributed by atoms with Crippen LogP contribution in [-0.4, -0.2) is 80.1 Å². The van der Waals surface area contributed by atoms with Crippen molar-refractivity contribution in [2.45, 2.75) is 96.3 Å². The van der Waals surface area contributed by atoms with Gasteiger partial charge in [0.25, 0.3) is 11.8 Å². The number of nitrogens with one attached hydrogen (secondary N) is 2. The third-order valence-corrected chi connectivity index (χ3v) is 11.2. The molecule has 52 heavy (non-hydrogen) atoms. The van der Waals surface area contributed by atoms with Crippen LogP contribution >= 0.6 is 11.3 Å². The quantitative estimate of drug-likeness (QED) is 0.233. The van der Waals surface area contributed by atoms with E-state index in [9.17, 15) is 23.9 Å². The second kappa shape index (κ2) is 13.6. The van der Waals surface area contributed by atoms with Gasteiger partial charge in [-0.25, -0.2) is 14.2 Å². The number of nitrogens with zero attached hydrogens (tertiary/aromatic N) is 4. The zero-order valence-corrected chi connectivity index (χ0v) is 30.9. The number of carbonyl (C=O) groups excluding carboxylic acids is 3. The third-order valence-electron chi connectivity index (χ3n) is 10.3. The predicted molar refractivity (Wildman–Crippen MR) is 194 cm³/mol. The maximum Gasteiger partial charge on any atom is 0.355 e. The number of rotatable bonds is 6. The molecule has 0 spiro atoms. The lowest BCUT2D eigenvalue weighted by Crippen LogP contribution is -2.67. The number of thiazole rings is 1. The number of cyclic esters (lactones) is 1. The molecule has 2 fully saturated rings. The minimum Gasteiger partial charge on any atom is -0.462 e. The lowest BCUT2D eigenvalue weighted by Gasteiger charge is -2.40. The molecule has 276 valence electrons. The Labute approximate surface area is 305 Å². The summed E-state index contributed by atoms with van der Waals surface area (Å²) in [5.74, 6) is -2.38. The Morgan fingerprint density at radius 1 is 1.25 bits per heavy atom. The van der Waals surface area contributed by atoms with Gasteiger partial charge in [-0.1, -0.05) is 19.9 Å². The van der Waals surface area contributed by atoms with Gasteiger partial charge in [-0.15, -0.1) is 11.3 Å². The minimum atomic E-state index is -2.19. The number of benzene rings is 1. The molecule has 0 radical (unpaired) electrons. The molecule has 2 amide bonds. The van der Waals surface area contributed by atoms with Crippen molar-refractivity contribution < 1.29 is 33.4 Å². The molecule has 3 aromatic heterocycles. The first-order valence-corrected chi connectivity index (χ1v) is 18.7. The Bertz CT molecular complexity index is 2040. The van der Waals surface area contributed by atoms with Gasteiger partial charge in [0.1, 0.15) is 6.04 Å². The summed E-state index contributed by atoms with van der Waals surface area (Å²) in [5, 5.41) is 18.7. The van der Waals surface area contributed by atoms with E-state index in [4.69, 9.17) is 19.4 Å². The molecule has 0 unspecified atom stereocenters. The van der Waals surface area contributed by atoms with Crippen molar-refractivity contribution in [2.24, 2.45) is 5.41 Å². The molecule has 2 aliphatic heterocycles. The number of hydrogen-bond acceptors (Lipinski definition) is 10. The van der Waals surface area contributed by atoms with Crippen LogP contribution in [0.4, 0.5) is 4.39 Å². The highest BCUT2D eigenvalue weighted by Gasteiger charge is 2.52. The second-order valence-corrected chi connectivity index (χ2v) is 15.9. The normalized spacial score (nSPS) is 23.5. The van der Waals surface area contributed by atoms with E-state index < -0.39 is 40.6 Å². The zero-order valence-electron chi connectivity index (χ0n) is 30.1. The van der Waals surface area contributed by atoms with Crippen LogP contribution in [0.25, 0.3) is 33.4 Å². The number of hydrazine groups is 1. The topological polar surface area (TPSA) is 148 Å². The average Bonchev–Trinajstić information content (AvgIpc) is 3.60. The fraction of sp³-hybridized carbons (Fsp3) is 0.500. The lowest BCUT2D eigenvalue weighted by atomic mass is 9.84. The fourth-order valence-corrected chi connectivity index (χ4v) is 8.08. The van der Waals surface area contributed by atoms with E-state index in [0.717, 1.165) is 44.0 Å². The van der Waals surface area contributed by atoms with Crippen molar-refractivity contribution in [1.82, 2.24) is 30.3 Å². The molecule has 12 nitrogen and oxygen atoms in total. The number of pyridine rings is 1. The lowest BCUT2D eigenvalue weighted by molar-refractivity contribution is -0.189. The van der Waals surface area contributed by atoms with Crippen LogP contribution < -0.4 is 10.7 Å². The SMILES string of the molecule is CCn1c(-c2cccnc2[C@H](C)OC)c2c3cc(ccc31)-c1csc(n1)C[C@H](NC(=O)C1(F)CC1)C(=O)N1CCC[C@@](O)(N1)C(=O)OCC(C)(C)C2. The van der Waals surface area contributed by atoms with E-state index in [2.05, 4.69) is 40.4 Å². The third kappa shape index (κ3) is 6.72. The van der Waals surface area contributed by atoms with Gasteiger partial charge in [-0.3, -0.25) is 19.6 Å². The first kappa shape index (κ1) is 36.1. The van der Waals surface area contributed by atoms with Gasteiger partial charge in [-0.2, -0.15) is 5.43 Å². The molecule has 1 saturated carbocycles. The number of hydrogen-bond donors (Lipinski definition) is 3. The zero-order chi connectivity index (χ0) is 37.0. The summed E-state index contributed by atoms with van der Waals surface area (Å²) in [6.45, 7) is 8.90. The molecule has 1 aromatic carbocycles. The van der Waals surface area contributed by atoms with Crippen molar-refractivity contribution >= 4 is 40.0 Å². The smallest absolute Gasteiger partial charge is 0.355 e. The summed E-state index contributed by atoms with van der Waals surface area (Å²) >= 11 is 1.34. The van der Waals surface area contributed by atoms with Crippen LogP contribution in [0.3, 0.4) is 0 Å². The van der Waals surface area contributed by atoms with Gasteiger partial charge in [0, 0.05) is 72.1 Å². The summed E-state index contributed by atoms with van der Waals surface area (Å²) in [7, 11) is 1.66. The number of carbonyl (C=O) groups is 3. The van der Waals surface area contributed by atoms with Crippen molar-refractivity contribution in [1.29, 1.82) is 0 Å². The van der Waals surface area contributed by atoms with Gasteiger partial charge < -0.3 is 24.5 Å². The maximum absolute atomic E-state index is 14.8. The molecule has 3 atom stereocenters. The molecular formula is C38H45FN6O6S. The standard InChI is InChI=1S/C38H45FN6O6S/c1-6-44-29-11-10-23-17-25(29)26(32(44)24-9-7-15-40-31(24)22(2)50-5)19-36(3,4)21-51-35(48)38(49)12-8-16-45(43-38)33(46)27(18-30-41-28(23)20-52-30)42-34(47)37(39)13-14-37/h7,9-11,15,17,20,22,27,43,49H,6,8,12-14,16,18-19,21H2,1-5H3,(H,42,47)/t22-,27-,38-/m0/s1. The molecule has 6 bridgehead atoms. The summed E-state index contributed by atoms with van der Waals surface area (Å²) < 4.78 is 28.7. The molecule has 5 heterocycles. The van der Waals surface area contributed by atoms with Gasteiger partial charge in [0.05, 0.1) is 34.8 Å². The highest BCUT2D eigenvalue weighted by molar-refractivity contribution is 7.10. The number of aromatic nitrogens is 3. The van der Waals surface area contributed by atoms with Crippen molar-refractivity contribution in [3.8, 4) is 22.5 Å². The van der Waals surface area contributed by atoms with Crippen LogP contribution in [0, 0.1) is 5.41 Å². The van der Waals surface area contributed by atoms with E-state index in [1.807, 2.05) is 38.3 Å². The molecule has 7 rings (SSSR count). The van der Waals surface area contributed by atoms with E-state index in [-0.39, 0.29) is 51.4 Å². The van der Waals surface area contributed by atoms with Gasteiger partial charge in [0.15, 0.2) is 5.67 Å². The van der Waals surface area contributed by atoms with Crippen molar-refractivity contribution in [3.63, 3.8) is 0 Å². The number of fused-ring (bicyclic) bond motifs is 6. The number of aliphatic hydroxyl groups is 1. The molecular weight excluding hydrogens is 688 g/mol. The molecule has 3 N–H and O–H groups in total. The largest absolute Gasteiger partial charge is 0.462 e. The number of halogens is 1. The summed E-state index contributed by atoms with van der Waals surface area (Å²) in [6, 6.07) is 9.01. The fourth-order valence-electron chi connectivity index (χ4n) is 7.23. The van der Waals surface area contributed by atoms with Gasteiger partial charge in [-0.05, 0) is 69.4 Å². The monoisotopic (exact) mass is 732 g/mol.